The van der Waals surface area contributed by atoms with Crippen LogP contribution in [0.5, 0.6) is 11.6 Å². The number of para-hydroxylation sites is 1. The van der Waals surface area contributed by atoms with Crippen molar-refractivity contribution in [3.63, 3.8) is 0 Å². The molecule has 1 saturated heterocycles. The predicted octanol–water partition coefficient (Wildman–Crippen LogP) is 6.09. The first-order valence-electron chi connectivity index (χ1n) is 18.9. The van der Waals surface area contributed by atoms with Crippen LogP contribution in [0, 0.1) is 22.7 Å². The molecular formula is C39H52ClN3O10S. The minimum absolute atomic E-state index is 0.0140. The first-order valence-corrected chi connectivity index (χ1v) is 20.7. The zero-order valence-corrected chi connectivity index (χ0v) is 33.7. The lowest BCUT2D eigenvalue weighted by Crippen LogP contribution is -2.48. The number of hydrogen-bond donors (Lipinski definition) is 1. The van der Waals surface area contributed by atoms with Gasteiger partial charge in [-0.15, -0.1) is 0 Å². The zero-order chi connectivity index (χ0) is 39.4. The van der Waals surface area contributed by atoms with E-state index in [0.717, 1.165) is 12.8 Å². The summed E-state index contributed by atoms with van der Waals surface area (Å²) in [6.45, 7) is 13.2. The van der Waals surface area contributed by atoms with Gasteiger partial charge in [-0.05, 0) is 76.3 Å². The molecule has 5 atom stereocenters. The second-order valence-electron chi connectivity index (χ2n) is 17.1. The molecule has 2 aromatic rings. The van der Waals surface area contributed by atoms with E-state index in [4.69, 9.17) is 30.0 Å². The minimum Gasteiger partial charge on any atom is -0.488 e. The summed E-state index contributed by atoms with van der Waals surface area (Å²) in [6, 6.07) is 5.91. The van der Waals surface area contributed by atoms with Gasteiger partial charge in [-0.2, -0.15) is 8.42 Å². The zero-order valence-electron chi connectivity index (χ0n) is 32.2. The van der Waals surface area contributed by atoms with E-state index < -0.39 is 74.0 Å². The molecule has 3 saturated carbocycles. The Balaban J connectivity index is 1.29. The van der Waals surface area contributed by atoms with E-state index in [0.29, 0.717) is 59.8 Å². The molecule has 1 N–H and O–H groups in total. The highest BCUT2D eigenvalue weighted by atomic mass is 35.5. The van der Waals surface area contributed by atoms with Crippen molar-refractivity contribution in [2.75, 3.05) is 13.2 Å². The van der Waals surface area contributed by atoms with E-state index in [1.807, 2.05) is 47.6 Å². The maximum absolute atomic E-state index is 14.7. The van der Waals surface area contributed by atoms with Gasteiger partial charge in [0.15, 0.2) is 5.78 Å². The molecule has 13 nitrogen and oxygen atoms in total. The summed E-state index contributed by atoms with van der Waals surface area (Å²) in [6.07, 6.45) is 2.44. The Bertz CT molecular complexity index is 1940. The van der Waals surface area contributed by atoms with Gasteiger partial charge >= 0.3 is 16.3 Å². The topological polar surface area (TPSA) is 167 Å². The molecule has 15 heteroatoms. The van der Waals surface area contributed by atoms with Crippen LogP contribution in [-0.4, -0.2) is 78.4 Å². The number of aromatic nitrogens is 1. The molecule has 0 spiro atoms. The quantitative estimate of drug-likeness (QED) is 0.196. The molecule has 0 radical (unpaired) electrons. The van der Waals surface area contributed by atoms with Crippen LogP contribution in [0.2, 0.25) is 5.02 Å². The first-order chi connectivity index (χ1) is 25.2. The van der Waals surface area contributed by atoms with Crippen molar-refractivity contribution in [3.8, 4) is 11.6 Å². The lowest BCUT2D eigenvalue weighted by molar-refractivity contribution is -0.157. The van der Waals surface area contributed by atoms with Gasteiger partial charge < -0.3 is 19.1 Å². The van der Waals surface area contributed by atoms with Crippen LogP contribution in [-0.2, 0) is 38.4 Å². The highest BCUT2D eigenvalue weighted by Crippen LogP contribution is 2.58. The van der Waals surface area contributed by atoms with Crippen LogP contribution in [0.4, 0.5) is 0 Å². The normalized spacial score (nSPS) is 25.8. The third-order valence-electron chi connectivity index (χ3n) is 11.4. The number of ketones is 1. The van der Waals surface area contributed by atoms with Crippen LogP contribution in [0.3, 0.4) is 0 Å². The van der Waals surface area contributed by atoms with Crippen molar-refractivity contribution in [3.05, 3.63) is 29.3 Å². The summed E-state index contributed by atoms with van der Waals surface area (Å²) in [4.78, 5) is 62.1. The maximum Gasteiger partial charge on any atom is 0.362 e. The SMILES string of the molecule is CCOc1cc(O[C@@H]2C[C@@H](C(=O)C[C@]3(C(=O)NS(=O)(=O)OC4(C)CC4)C[C@H]3CC)N(C(=O)[C@@H](CC(=O)OC3(C)CC3)C(C)(C)C)C2)c2cccc(Cl)c2n1. The van der Waals surface area contributed by atoms with Crippen molar-refractivity contribution in [2.24, 2.45) is 22.7 Å². The van der Waals surface area contributed by atoms with Crippen molar-refractivity contribution in [1.29, 1.82) is 0 Å². The number of amides is 2. The molecule has 1 aliphatic heterocycles. The van der Waals surface area contributed by atoms with E-state index in [1.165, 1.54) is 4.90 Å². The molecule has 2 amide bonds. The molecular weight excluding hydrogens is 738 g/mol. The van der Waals surface area contributed by atoms with Crippen LogP contribution < -0.4 is 14.2 Å². The monoisotopic (exact) mass is 789 g/mol. The summed E-state index contributed by atoms with van der Waals surface area (Å²) in [5.41, 5.74) is -2.86. The Morgan fingerprint density at radius 1 is 1.07 bits per heavy atom. The largest absolute Gasteiger partial charge is 0.488 e. The number of Topliss-reactive ketones (excluding diaryl/α,β-unsaturated/α-hetero) is 1. The number of nitrogens with zero attached hydrogens (tertiary/aromatic N) is 2. The van der Waals surface area contributed by atoms with Crippen LogP contribution in [0.25, 0.3) is 10.9 Å². The van der Waals surface area contributed by atoms with Crippen LogP contribution >= 0.6 is 11.6 Å². The molecule has 0 unspecified atom stereocenters. The lowest BCUT2D eigenvalue weighted by atomic mass is 9.77. The Morgan fingerprint density at radius 2 is 1.76 bits per heavy atom. The molecule has 3 aliphatic carbocycles. The summed E-state index contributed by atoms with van der Waals surface area (Å²) in [7, 11) is -4.41. The Labute approximate surface area is 322 Å². The van der Waals surface area contributed by atoms with Gasteiger partial charge in [-0.3, -0.25) is 19.2 Å². The van der Waals surface area contributed by atoms with Crippen molar-refractivity contribution < 1.29 is 46.0 Å². The summed E-state index contributed by atoms with van der Waals surface area (Å²) in [5.74, 6) is -2.44. The Hall–Kier alpha value is -3.49. The lowest BCUT2D eigenvalue weighted by Gasteiger charge is -2.35. The fourth-order valence-electron chi connectivity index (χ4n) is 7.50. The number of hydrogen-bond acceptors (Lipinski definition) is 11. The van der Waals surface area contributed by atoms with Crippen molar-refractivity contribution >= 4 is 56.4 Å². The maximum atomic E-state index is 14.7. The third-order valence-corrected chi connectivity index (χ3v) is 12.8. The van der Waals surface area contributed by atoms with E-state index in [-0.39, 0.29) is 31.7 Å². The first kappa shape index (κ1) is 40.2. The number of fused-ring (bicyclic) bond motifs is 1. The predicted molar refractivity (Wildman–Crippen MR) is 200 cm³/mol. The molecule has 54 heavy (non-hydrogen) atoms. The average Bonchev–Trinajstić information content (AvgIpc) is 4.03. The highest BCUT2D eigenvalue weighted by Gasteiger charge is 2.62. The summed E-state index contributed by atoms with van der Waals surface area (Å²) < 4.78 is 51.0. The fourth-order valence-corrected chi connectivity index (χ4v) is 8.88. The second-order valence-corrected chi connectivity index (χ2v) is 18.8. The number of esters is 1. The molecule has 0 bridgehead atoms. The number of nitrogens with one attached hydrogen (secondary N) is 1. The van der Waals surface area contributed by atoms with Gasteiger partial charge in [0.1, 0.15) is 17.5 Å². The molecule has 4 aliphatic rings. The molecule has 296 valence electrons. The smallest absolute Gasteiger partial charge is 0.362 e. The van der Waals surface area contributed by atoms with Gasteiger partial charge in [0.2, 0.25) is 17.7 Å². The number of ether oxygens (including phenoxy) is 3. The Kier molecular flexibility index (Phi) is 10.8. The number of halogens is 1. The van der Waals surface area contributed by atoms with Crippen molar-refractivity contribution in [1.82, 2.24) is 14.6 Å². The van der Waals surface area contributed by atoms with E-state index in [1.54, 1.807) is 25.1 Å². The number of benzene rings is 1. The number of rotatable bonds is 16. The second kappa shape index (κ2) is 14.5. The van der Waals surface area contributed by atoms with Crippen LogP contribution in [0.1, 0.15) is 106 Å². The molecule has 1 aromatic carbocycles. The minimum atomic E-state index is -4.41. The average molecular weight is 790 g/mol. The van der Waals surface area contributed by atoms with Gasteiger partial charge in [0.25, 0.3) is 0 Å². The van der Waals surface area contributed by atoms with Gasteiger partial charge in [-0.1, -0.05) is 51.8 Å². The number of likely N-dealkylation sites (tertiary alicyclic amines) is 1. The Morgan fingerprint density at radius 3 is 2.35 bits per heavy atom. The summed E-state index contributed by atoms with van der Waals surface area (Å²) in [5, 5.41) is 1.01. The summed E-state index contributed by atoms with van der Waals surface area (Å²) >= 11 is 6.51. The van der Waals surface area contributed by atoms with Crippen molar-refractivity contribution in [2.45, 2.75) is 130 Å². The number of pyridine rings is 1. The van der Waals surface area contributed by atoms with E-state index >= 15 is 0 Å². The van der Waals surface area contributed by atoms with Gasteiger partial charge in [-0.25, -0.2) is 13.9 Å². The van der Waals surface area contributed by atoms with E-state index in [2.05, 4.69) is 9.71 Å². The number of carbonyl (C=O) groups is 4. The van der Waals surface area contributed by atoms with Gasteiger partial charge in [0.05, 0.1) is 53.1 Å². The molecule has 2 heterocycles. The molecule has 1 aromatic heterocycles. The molecule has 4 fully saturated rings. The molecule has 6 rings (SSSR count). The number of carbonyl (C=O) groups excluding carboxylic acids is 4. The highest BCUT2D eigenvalue weighted by molar-refractivity contribution is 7.85. The van der Waals surface area contributed by atoms with Crippen LogP contribution in [0.15, 0.2) is 24.3 Å². The van der Waals surface area contributed by atoms with Gasteiger partial charge in [0, 0.05) is 24.3 Å². The standard InChI is InChI=1S/C39H52ClN3O10S/c1-8-23-20-39(23,35(47)42-54(48,49)53-38(7)15-16-38)21-29(44)28-17-24(51-30-19-31(50-9-2)41-33-25(30)11-10-12-27(33)40)22-43(28)34(46)26(36(3,4)5)18-32(45)52-37(6)13-14-37/h10-12,19,23-24,26,28H,8-9,13-18,20-22H2,1-7H3,(H,42,47)/t23-,24-,26-,28+,39-/m1/s1. The fraction of sp³-hybridized carbons (Fsp3) is 0.667. The third kappa shape index (κ3) is 8.81. The van der Waals surface area contributed by atoms with E-state index in [9.17, 15) is 27.6 Å².